The van der Waals surface area contributed by atoms with Crippen molar-refractivity contribution in [3.8, 4) is 11.3 Å². The molecule has 0 aliphatic heterocycles. The molecule has 1 N–H and O–H groups in total. The standard InChI is InChI=1S/C18H24N2O/c1-3-5-13-19-14-16-11-12-17(20(4-2)18(16)21)15-9-7-6-8-10-15/h6-12,19H,3-5,13-14H2,1-2H3. The van der Waals surface area contributed by atoms with Crippen molar-refractivity contribution < 1.29 is 0 Å². The minimum absolute atomic E-state index is 0.114. The van der Waals surface area contributed by atoms with Crippen molar-refractivity contribution in [2.75, 3.05) is 6.54 Å². The maximum absolute atomic E-state index is 12.6. The third-order valence-electron chi connectivity index (χ3n) is 3.66. The lowest BCUT2D eigenvalue weighted by Gasteiger charge is -2.13. The Morgan fingerprint density at radius 1 is 1.05 bits per heavy atom. The summed E-state index contributed by atoms with van der Waals surface area (Å²) in [5.41, 5.74) is 3.03. The molecule has 0 bridgehead atoms. The van der Waals surface area contributed by atoms with Crippen molar-refractivity contribution in [3.63, 3.8) is 0 Å². The summed E-state index contributed by atoms with van der Waals surface area (Å²) >= 11 is 0. The normalized spacial score (nSPS) is 10.8. The van der Waals surface area contributed by atoms with E-state index in [0.29, 0.717) is 13.1 Å². The summed E-state index contributed by atoms with van der Waals surface area (Å²) < 4.78 is 1.85. The van der Waals surface area contributed by atoms with Crippen molar-refractivity contribution in [1.82, 2.24) is 9.88 Å². The first-order valence-electron chi connectivity index (χ1n) is 7.76. The lowest BCUT2D eigenvalue weighted by atomic mass is 10.1. The molecule has 0 atom stereocenters. The maximum Gasteiger partial charge on any atom is 0.255 e. The predicted octanol–water partition coefficient (Wildman–Crippen LogP) is 3.42. The zero-order chi connectivity index (χ0) is 15.1. The van der Waals surface area contributed by atoms with Crippen LogP contribution in [0.4, 0.5) is 0 Å². The van der Waals surface area contributed by atoms with E-state index in [1.54, 1.807) is 0 Å². The molecule has 21 heavy (non-hydrogen) atoms. The lowest BCUT2D eigenvalue weighted by Crippen LogP contribution is -2.28. The van der Waals surface area contributed by atoms with Gasteiger partial charge in [-0.15, -0.1) is 0 Å². The minimum Gasteiger partial charge on any atom is -0.312 e. The zero-order valence-corrected chi connectivity index (χ0v) is 12.9. The fourth-order valence-electron chi connectivity index (χ4n) is 2.46. The summed E-state index contributed by atoms with van der Waals surface area (Å²) in [5, 5.41) is 3.34. The molecule has 0 spiro atoms. The second kappa shape index (κ2) is 7.79. The number of pyridine rings is 1. The molecule has 0 fully saturated rings. The molecule has 0 unspecified atom stereocenters. The smallest absolute Gasteiger partial charge is 0.255 e. The van der Waals surface area contributed by atoms with Gasteiger partial charge in [0.15, 0.2) is 0 Å². The monoisotopic (exact) mass is 284 g/mol. The third kappa shape index (κ3) is 3.82. The number of aromatic nitrogens is 1. The number of nitrogens with one attached hydrogen (secondary N) is 1. The van der Waals surface area contributed by atoms with Crippen LogP contribution in [-0.4, -0.2) is 11.1 Å². The lowest BCUT2D eigenvalue weighted by molar-refractivity contribution is 0.629. The highest BCUT2D eigenvalue weighted by Gasteiger charge is 2.08. The molecule has 0 amide bonds. The van der Waals surface area contributed by atoms with Gasteiger partial charge in [0.1, 0.15) is 0 Å². The highest BCUT2D eigenvalue weighted by Crippen LogP contribution is 2.17. The van der Waals surface area contributed by atoms with Crippen molar-refractivity contribution in [2.45, 2.75) is 39.8 Å². The third-order valence-corrected chi connectivity index (χ3v) is 3.66. The van der Waals surface area contributed by atoms with Crippen LogP contribution < -0.4 is 10.9 Å². The van der Waals surface area contributed by atoms with E-state index in [9.17, 15) is 4.79 Å². The van der Waals surface area contributed by atoms with E-state index >= 15 is 0 Å². The zero-order valence-electron chi connectivity index (χ0n) is 12.9. The Morgan fingerprint density at radius 3 is 2.48 bits per heavy atom. The summed E-state index contributed by atoms with van der Waals surface area (Å²) in [4.78, 5) is 12.6. The van der Waals surface area contributed by atoms with Crippen LogP contribution >= 0.6 is 0 Å². The van der Waals surface area contributed by atoms with Gasteiger partial charge in [-0.1, -0.05) is 49.7 Å². The van der Waals surface area contributed by atoms with Gasteiger partial charge in [-0.05, 0) is 31.5 Å². The number of hydrogen-bond acceptors (Lipinski definition) is 2. The molecule has 0 radical (unpaired) electrons. The van der Waals surface area contributed by atoms with Gasteiger partial charge >= 0.3 is 0 Å². The van der Waals surface area contributed by atoms with Crippen molar-refractivity contribution in [3.05, 3.63) is 58.4 Å². The summed E-state index contributed by atoms with van der Waals surface area (Å²) in [5.74, 6) is 0. The Hall–Kier alpha value is -1.87. The van der Waals surface area contributed by atoms with E-state index in [0.717, 1.165) is 29.8 Å². The van der Waals surface area contributed by atoms with Gasteiger partial charge in [0, 0.05) is 18.7 Å². The van der Waals surface area contributed by atoms with Gasteiger partial charge in [0.25, 0.3) is 5.56 Å². The topological polar surface area (TPSA) is 34.0 Å². The average molecular weight is 284 g/mol. The SMILES string of the molecule is CCCCNCc1ccc(-c2ccccc2)n(CC)c1=O. The van der Waals surface area contributed by atoms with E-state index in [-0.39, 0.29) is 5.56 Å². The molecule has 0 aliphatic carbocycles. The van der Waals surface area contributed by atoms with Crippen LogP contribution in [0.2, 0.25) is 0 Å². The van der Waals surface area contributed by atoms with E-state index in [1.165, 1.54) is 6.42 Å². The molecule has 3 heteroatoms. The first-order chi connectivity index (χ1) is 10.3. The van der Waals surface area contributed by atoms with E-state index in [1.807, 2.05) is 47.9 Å². The predicted molar refractivity (Wildman–Crippen MR) is 88.4 cm³/mol. The summed E-state index contributed by atoms with van der Waals surface area (Å²) in [7, 11) is 0. The fourth-order valence-corrected chi connectivity index (χ4v) is 2.46. The summed E-state index contributed by atoms with van der Waals surface area (Å²) in [6, 6.07) is 14.1. The molecule has 2 aromatic rings. The Kier molecular flexibility index (Phi) is 5.76. The van der Waals surface area contributed by atoms with Gasteiger partial charge < -0.3 is 9.88 Å². The van der Waals surface area contributed by atoms with Crippen LogP contribution in [-0.2, 0) is 13.1 Å². The first-order valence-corrected chi connectivity index (χ1v) is 7.76. The summed E-state index contributed by atoms with van der Waals surface area (Å²) in [6.07, 6.45) is 2.31. The molecule has 2 rings (SSSR count). The van der Waals surface area contributed by atoms with E-state index < -0.39 is 0 Å². The van der Waals surface area contributed by atoms with Crippen LogP contribution in [0.25, 0.3) is 11.3 Å². The van der Waals surface area contributed by atoms with Crippen molar-refractivity contribution >= 4 is 0 Å². The number of benzene rings is 1. The Labute approximate surface area is 126 Å². The molecule has 0 aliphatic rings. The molecule has 1 aromatic heterocycles. The molecule has 112 valence electrons. The Balaban J connectivity index is 2.26. The van der Waals surface area contributed by atoms with Crippen LogP contribution in [0.1, 0.15) is 32.3 Å². The second-order valence-corrected chi connectivity index (χ2v) is 5.19. The van der Waals surface area contributed by atoms with Gasteiger partial charge in [0.2, 0.25) is 0 Å². The van der Waals surface area contributed by atoms with E-state index in [2.05, 4.69) is 18.3 Å². The molecule has 1 heterocycles. The molecular weight excluding hydrogens is 260 g/mol. The first kappa shape index (κ1) is 15.5. The quantitative estimate of drug-likeness (QED) is 0.790. The molecule has 0 saturated carbocycles. The Bertz CT molecular complexity index is 617. The highest BCUT2D eigenvalue weighted by atomic mass is 16.1. The fraction of sp³-hybridized carbons (Fsp3) is 0.389. The number of nitrogens with zero attached hydrogens (tertiary/aromatic N) is 1. The number of hydrogen-bond donors (Lipinski definition) is 1. The average Bonchev–Trinajstić information content (AvgIpc) is 2.53. The van der Waals surface area contributed by atoms with Crippen LogP contribution in [0.15, 0.2) is 47.3 Å². The van der Waals surface area contributed by atoms with Gasteiger partial charge in [-0.25, -0.2) is 0 Å². The van der Waals surface area contributed by atoms with Crippen LogP contribution in [0, 0.1) is 0 Å². The van der Waals surface area contributed by atoms with Gasteiger partial charge in [-0.3, -0.25) is 4.79 Å². The molecular formula is C18H24N2O. The number of unbranched alkanes of at least 4 members (excludes halogenated alkanes) is 1. The van der Waals surface area contributed by atoms with Crippen molar-refractivity contribution in [1.29, 1.82) is 0 Å². The largest absolute Gasteiger partial charge is 0.312 e. The summed E-state index contributed by atoms with van der Waals surface area (Å²) in [6.45, 7) is 6.48. The molecule has 1 aromatic carbocycles. The van der Waals surface area contributed by atoms with Crippen molar-refractivity contribution in [2.24, 2.45) is 0 Å². The molecule has 3 nitrogen and oxygen atoms in total. The number of rotatable bonds is 7. The van der Waals surface area contributed by atoms with Gasteiger partial charge in [0.05, 0.1) is 5.69 Å². The highest BCUT2D eigenvalue weighted by molar-refractivity contribution is 5.59. The van der Waals surface area contributed by atoms with Gasteiger partial charge in [-0.2, -0.15) is 0 Å². The minimum atomic E-state index is 0.114. The van der Waals surface area contributed by atoms with Crippen LogP contribution in [0.5, 0.6) is 0 Å². The second-order valence-electron chi connectivity index (χ2n) is 5.19. The maximum atomic E-state index is 12.6. The Morgan fingerprint density at radius 2 is 1.81 bits per heavy atom. The van der Waals surface area contributed by atoms with Crippen LogP contribution in [0.3, 0.4) is 0 Å². The van der Waals surface area contributed by atoms with E-state index in [4.69, 9.17) is 0 Å². The molecule has 0 saturated heterocycles.